The van der Waals surface area contributed by atoms with Crippen molar-refractivity contribution in [2.45, 2.75) is 18.7 Å². The van der Waals surface area contributed by atoms with Crippen molar-refractivity contribution in [2.75, 3.05) is 17.6 Å². The fourth-order valence-electron chi connectivity index (χ4n) is 2.11. The number of nitrogens with two attached hydrogens (primary N) is 1. The minimum atomic E-state index is -3.64. The first-order valence-electron chi connectivity index (χ1n) is 6.37. The first kappa shape index (κ1) is 15.2. The van der Waals surface area contributed by atoms with Gasteiger partial charge in [0.1, 0.15) is 5.75 Å². The highest BCUT2D eigenvalue weighted by molar-refractivity contribution is 7.92. The van der Waals surface area contributed by atoms with E-state index < -0.39 is 10.0 Å². The van der Waals surface area contributed by atoms with Crippen molar-refractivity contribution in [3.63, 3.8) is 0 Å². The third-order valence-corrected chi connectivity index (χ3v) is 4.53. The lowest BCUT2D eigenvalue weighted by Gasteiger charge is -2.14. The van der Waals surface area contributed by atoms with Crippen LogP contribution in [0.1, 0.15) is 11.1 Å². The van der Waals surface area contributed by atoms with E-state index >= 15 is 0 Å². The minimum Gasteiger partial charge on any atom is -0.497 e. The van der Waals surface area contributed by atoms with Gasteiger partial charge in [0.2, 0.25) is 0 Å². The van der Waals surface area contributed by atoms with Crippen LogP contribution in [0.5, 0.6) is 5.75 Å². The molecule has 0 radical (unpaired) electrons. The highest BCUT2D eigenvalue weighted by Crippen LogP contribution is 2.26. The van der Waals surface area contributed by atoms with Crippen molar-refractivity contribution in [1.29, 1.82) is 0 Å². The third kappa shape index (κ3) is 3.28. The van der Waals surface area contributed by atoms with Crippen molar-refractivity contribution < 1.29 is 13.2 Å². The van der Waals surface area contributed by atoms with Gasteiger partial charge in [0.25, 0.3) is 10.0 Å². The first-order chi connectivity index (χ1) is 9.83. The van der Waals surface area contributed by atoms with Gasteiger partial charge in [0.05, 0.1) is 17.7 Å². The molecule has 0 aliphatic rings. The maximum Gasteiger partial charge on any atom is 0.261 e. The van der Waals surface area contributed by atoms with Gasteiger partial charge in [-0.15, -0.1) is 0 Å². The van der Waals surface area contributed by atoms with Gasteiger partial charge in [0, 0.05) is 5.69 Å². The van der Waals surface area contributed by atoms with Crippen LogP contribution in [0, 0.1) is 13.8 Å². The zero-order chi connectivity index (χ0) is 15.6. The lowest BCUT2D eigenvalue weighted by molar-refractivity contribution is 0.414. The summed E-state index contributed by atoms with van der Waals surface area (Å²) < 4.78 is 32.4. The van der Waals surface area contributed by atoms with Crippen LogP contribution in [0.4, 0.5) is 11.4 Å². The minimum absolute atomic E-state index is 0.180. The zero-order valence-corrected chi connectivity index (χ0v) is 13.0. The summed E-state index contributed by atoms with van der Waals surface area (Å²) in [6.45, 7) is 3.63. The third-order valence-electron chi connectivity index (χ3n) is 3.16. The molecule has 0 aromatic heterocycles. The molecule has 0 spiro atoms. The number of anilines is 2. The van der Waals surface area contributed by atoms with Crippen LogP contribution in [-0.4, -0.2) is 15.5 Å². The quantitative estimate of drug-likeness (QED) is 0.851. The highest BCUT2D eigenvalue weighted by atomic mass is 32.2. The van der Waals surface area contributed by atoms with Crippen molar-refractivity contribution in [1.82, 2.24) is 0 Å². The summed E-state index contributed by atoms with van der Waals surface area (Å²) in [5.41, 5.74) is 8.47. The Hall–Kier alpha value is -2.21. The molecule has 0 saturated carbocycles. The Bertz CT molecular complexity index is 730. The predicted molar refractivity (Wildman–Crippen MR) is 84.1 cm³/mol. The van der Waals surface area contributed by atoms with E-state index in [9.17, 15) is 8.42 Å². The van der Waals surface area contributed by atoms with Gasteiger partial charge < -0.3 is 10.5 Å². The number of sulfonamides is 1. The Kier molecular flexibility index (Phi) is 4.09. The molecule has 3 N–H and O–H groups in total. The summed E-state index contributed by atoms with van der Waals surface area (Å²) in [6.07, 6.45) is 0. The molecule has 0 bridgehead atoms. The molecule has 0 atom stereocenters. The largest absolute Gasteiger partial charge is 0.497 e. The van der Waals surface area contributed by atoms with Crippen LogP contribution >= 0.6 is 0 Å². The van der Waals surface area contributed by atoms with E-state index in [1.165, 1.54) is 19.2 Å². The van der Waals surface area contributed by atoms with Crippen molar-refractivity contribution in [2.24, 2.45) is 0 Å². The van der Waals surface area contributed by atoms with E-state index in [1.807, 2.05) is 13.8 Å². The van der Waals surface area contributed by atoms with E-state index in [4.69, 9.17) is 10.5 Å². The van der Waals surface area contributed by atoms with Crippen LogP contribution in [-0.2, 0) is 10.0 Å². The Labute approximate surface area is 124 Å². The fourth-order valence-corrected chi connectivity index (χ4v) is 3.31. The molecular weight excluding hydrogens is 288 g/mol. The van der Waals surface area contributed by atoms with E-state index in [0.717, 1.165) is 11.1 Å². The summed E-state index contributed by atoms with van der Waals surface area (Å²) in [7, 11) is -2.11. The molecule has 2 rings (SSSR count). The van der Waals surface area contributed by atoms with Crippen molar-refractivity contribution >= 4 is 21.4 Å². The molecular formula is C15H18N2O3S. The molecule has 112 valence electrons. The lowest BCUT2D eigenvalue weighted by Crippen LogP contribution is -2.14. The highest BCUT2D eigenvalue weighted by Gasteiger charge is 2.16. The average molecular weight is 306 g/mol. The molecule has 2 aromatic rings. The van der Waals surface area contributed by atoms with Gasteiger partial charge in [-0.25, -0.2) is 8.42 Å². The lowest BCUT2D eigenvalue weighted by atomic mass is 10.1. The molecule has 0 saturated heterocycles. The number of benzene rings is 2. The van der Waals surface area contributed by atoms with Gasteiger partial charge >= 0.3 is 0 Å². The number of hydrogen-bond donors (Lipinski definition) is 2. The summed E-state index contributed by atoms with van der Waals surface area (Å²) in [6, 6.07) is 9.69. The van der Waals surface area contributed by atoms with Gasteiger partial charge in [-0.2, -0.15) is 0 Å². The second kappa shape index (κ2) is 5.65. The molecule has 0 amide bonds. The van der Waals surface area contributed by atoms with Crippen molar-refractivity contribution in [3.05, 3.63) is 47.5 Å². The normalized spacial score (nSPS) is 11.2. The molecule has 2 aromatic carbocycles. The number of nitrogen functional groups attached to an aromatic ring is 1. The van der Waals surface area contributed by atoms with Gasteiger partial charge in [-0.1, -0.05) is 0 Å². The van der Waals surface area contributed by atoms with Gasteiger partial charge in [-0.05, 0) is 61.4 Å². The van der Waals surface area contributed by atoms with Crippen LogP contribution in [0.15, 0.2) is 41.3 Å². The summed E-state index contributed by atoms with van der Waals surface area (Å²) in [4.78, 5) is 0.180. The number of aryl methyl sites for hydroxylation is 2. The number of ether oxygens (including phenoxy) is 1. The Morgan fingerprint density at radius 2 is 1.57 bits per heavy atom. The van der Waals surface area contributed by atoms with E-state index in [1.54, 1.807) is 24.3 Å². The summed E-state index contributed by atoms with van der Waals surface area (Å²) in [5, 5.41) is 0. The van der Waals surface area contributed by atoms with E-state index in [-0.39, 0.29) is 4.90 Å². The molecule has 6 heteroatoms. The Balaban J connectivity index is 2.37. The Morgan fingerprint density at radius 1 is 1.05 bits per heavy atom. The van der Waals surface area contributed by atoms with Gasteiger partial charge in [0.15, 0.2) is 0 Å². The molecule has 21 heavy (non-hydrogen) atoms. The number of nitrogens with one attached hydrogen (secondary N) is 1. The maximum atomic E-state index is 12.4. The summed E-state index contributed by atoms with van der Waals surface area (Å²) >= 11 is 0. The Morgan fingerprint density at radius 3 is 2.05 bits per heavy atom. The standard InChI is InChI=1S/C15H18N2O3S/c1-10-8-12(16)9-11(2)15(10)17-21(18,19)14-6-4-13(20-3)5-7-14/h4-9,17H,16H2,1-3H3. The molecule has 0 fully saturated rings. The van der Waals surface area contributed by atoms with Crippen LogP contribution in [0.25, 0.3) is 0 Å². The number of hydrogen-bond acceptors (Lipinski definition) is 4. The second-order valence-electron chi connectivity index (χ2n) is 4.81. The number of rotatable bonds is 4. The fraction of sp³-hybridized carbons (Fsp3) is 0.200. The first-order valence-corrected chi connectivity index (χ1v) is 7.85. The zero-order valence-electron chi connectivity index (χ0n) is 12.2. The van der Waals surface area contributed by atoms with Gasteiger partial charge in [-0.3, -0.25) is 4.72 Å². The van der Waals surface area contributed by atoms with E-state index in [2.05, 4.69) is 4.72 Å². The number of methoxy groups -OCH3 is 1. The predicted octanol–water partition coefficient (Wildman–Crippen LogP) is 2.70. The monoisotopic (exact) mass is 306 g/mol. The summed E-state index contributed by atoms with van der Waals surface area (Å²) in [5.74, 6) is 0.605. The molecule has 0 unspecified atom stereocenters. The van der Waals surface area contributed by atoms with Crippen LogP contribution < -0.4 is 15.2 Å². The molecule has 0 aliphatic carbocycles. The van der Waals surface area contributed by atoms with Crippen molar-refractivity contribution in [3.8, 4) is 5.75 Å². The van der Waals surface area contributed by atoms with E-state index in [0.29, 0.717) is 17.1 Å². The molecule has 0 aliphatic heterocycles. The van der Waals surface area contributed by atoms with Crippen LogP contribution in [0.2, 0.25) is 0 Å². The molecule has 0 heterocycles. The topological polar surface area (TPSA) is 81.4 Å². The average Bonchev–Trinajstić information content (AvgIpc) is 2.43. The van der Waals surface area contributed by atoms with Crippen LogP contribution in [0.3, 0.4) is 0 Å². The maximum absolute atomic E-state index is 12.4. The second-order valence-corrected chi connectivity index (χ2v) is 6.49. The smallest absolute Gasteiger partial charge is 0.261 e. The SMILES string of the molecule is COc1ccc(S(=O)(=O)Nc2c(C)cc(N)cc2C)cc1. The molecule has 5 nitrogen and oxygen atoms in total.